The SMILES string of the molecule is N[C@@H]1C[C@H](O)[C@@H](C=O)O[C@@H]1O[C@H]1[C@H](O)[C@@H](O)[C@H](N)C[C@@H]1N. The van der Waals surface area contributed by atoms with Gasteiger partial charge in [0.15, 0.2) is 12.6 Å². The lowest BCUT2D eigenvalue weighted by atomic mass is 9.84. The summed E-state index contributed by atoms with van der Waals surface area (Å²) in [4.78, 5) is 10.8. The summed E-state index contributed by atoms with van der Waals surface area (Å²) >= 11 is 0. The quantitative estimate of drug-likeness (QED) is 0.285. The van der Waals surface area contributed by atoms with E-state index in [9.17, 15) is 20.1 Å². The van der Waals surface area contributed by atoms with Gasteiger partial charge in [0.1, 0.15) is 18.3 Å². The largest absolute Gasteiger partial charge is 0.390 e. The van der Waals surface area contributed by atoms with Crippen molar-refractivity contribution in [3.63, 3.8) is 0 Å². The third kappa shape index (κ3) is 3.41. The number of aldehydes is 1. The summed E-state index contributed by atoms with van der Waals surface area (Å²) < 4.78 is 10.8. The van der Waals surface area contributed by atoms with Crippen molar-refractivity contribution < 1.29 is 29.6 Å². The smallest absolute Gasteiger partial charge is 0.174 e. The number of aliphatic hydroxyl groups is 3. The predicted molar refractivity (Wildman–Crippen MR) is 70.8 cm³/mol. The Morgan fingerprint density at radius 1 is 1.00 bits per heavy atom. The van der Waals surface area contributed by atoms with E-state index in [1.807, 2.05) is 0 Å². The van der Waals surface area contributed by atoms with Crippen LogP contribution in [0.2, 0.25) is 0 Å². The van der Waals surface area contributed by atoms with Crippen LogP contribution < -0.4 is 17.2 Å². The molecule has 2 aliphatic rings. The van der Waals surface area contributed by atoms with Gasteiger partial charge in [-0.15, -0.1) is 0 Å². The van der Waals surface area contributed by atoms with E-state index in [1.165, 1.54) is 0 Å². The third-order valence-electron chi connectivity index (χ3n) is 4.05. The number of hydrogen-bond donors (Lipinski definition) is 6. The van der Waals surface area contributed by atoms with E-state index in [2.05, 4.69) is 0 Å². The van der Waals surface area contributed by atoms with Crippen LogP contribution in [0.1, 0.15) is 12.8 Å². The first kappa shape index (κ1) is 16.7. The van der Waals surface area contributed by atoms with Crippen LogP contribution in [0.15, 0.2) is 0 Å². The molecular weight excluding hydrogens is 282 g/mol. The summed E-state index contributed by atoms with van der Waals surface area (Å²) in [5.74, 6) is 0. The van der Waals surface area contributed by atoms with Gasteiger partial charge in [0.05, 0.1) is 18.2 Å². The van der Waals surface area contributed by atoms with Gasteiger partial charge < -0.3 is 46.8 Å². The van der Waals surface area contributed by atoms with Crippen molar-refractivity contribution in [2.75, 3.05) is 0 Å². The van der Waals surface area contributed by atoms with Crippen molar-refractivity contribution in [1.29, 1.82) is 0 Å². The maximum atomic E-state index is 10.8. The summed E-state index contributed by atoms with van der Waals surface area (Å²) in [7, 11) is 0. The molecule has 9 nitrogen and oxygen atoms in total. The Morgan fingerprint density at radius 2 is 1.67 bits per heavy atom. The number of aliphatic hydroxyl groups excluding tert-OH is 3. The number of hydrogen-bond acceptors (Lipinski definition) is 9. The maximum absolute atomic E-state index is 10.8. The minimum atomic E-state index is -1.28. The summed E-state index contributed by atoms with van der Waals surface area (Å²) in [6.07, 6.45) is -5.55. The van der Waals surface area contributed by atoms with Crippen molar-refractivity contribution in [3.05, 3.63) is 0 Å². The van der Waals surface area contributed by atoms with Crippen molar-refractivity contribution in [1.82, 2.24) is 0 Å². The molecule has 0 spiro atoms. The fourth-order valence-electron chi connectivity index (χ4n) is 2.75. The van der Waals surface area contributed by atoms with Crippen LogP contribution in [-0.2, 0) is 14.3 Å². The van der Waals surface area contributed by atoms with Crippen molar-refractivity contribution in [2.45, 2.75) is 67.8 Å². The molecule has 0 amide bonds. The number of carbonyl (C=O) groups excluding carboxylic acids is 1. The minimum absolute atomic E-state index is 0.119. The van der Waals surface area contributed by atoms with Crippen molar-refractivity contribution in [2.24, 2.45) is 17.2 Å². The highest BCUT2D eigenvalue weighted by Gasteiger charge is 2.45. The van der Waals surface area contributed by atoms with Gasteiger partial charge in [0, 0.05) is 12.1 Å². The van der Waals surface area contributed by atoms with Gasteiger partial charge in [0.2, 0.25) is 0 Å². The molecule has 0 aromatic rings. The van der Waals surface area contributed by atoms with Crippen LogP contribution in [0.5, 0.6) is 0 Å². The monoisotopic (exact) mass is 305 g/mol. The number of rotatable bonds is 3. The summed E-state index contributed by atoms with van der Waals surface area (Å²) in [5, 5.41) is 29.4. The van der Waals surface area contributed by atoms with Gasteiger partial charge in [0.25, 0.3) is 0 Å². The molecule has 2 rings (SSSR count). The molecule has 0 bridgehead atoms. The molecular formula is C12H23N3O6. The molecule has 1 saturated carbocycles. The summed E-state index contributed by atoms with van der Waals surface area (Å²) in [6, 6.07) is -1.92. The Bertz CT molecular complexity index is 373. The standard InChI is InChI=1S/C12H23N3O6/c13-4-1-5(14)11(10(19)9(4)18)21-12-6(15)2-7(17)8(3-16)20-12/h3-12,17-19H,1-2,13-15H2/t4-,5+,6-,7+,8-,9+,10-,11-,12-/m1/s1. The Labute approximate surface area is 122 Å². The molecule has 0 aromatic carbocycles. The Morgan fingerprint density at radius 3 is 2.29 bits per heavy atom. The van der Waals surface area contributed by atoms with Gasteiger partial charge >= 0.3 is 0 Å². The van der Waals surface area contributed by atoms with E-state index in [-0.39, 0.29) is 12.8 Å². The van der Waals surface area contributed by atoms with Gasteiger partial charge in [-0.2, -0.15) is 0 Å². The topological polar surface area (TPSA) is 174 Å². The van der Waals surface area contributed by atoms with Gasteiger partial charge in [-0.25, -0.2) is 0 Å². The van der Waals surface area contributed by atoms with Crippen molar-refractivity contribution >= 4 is 6.29 Å². The lowest BCUT2D eigenvalue weighted by molar-refractivity contribution is -0.263. The molecule has 21 heavy (non-hydrogen) atoms. The normalized spacial score (nSPS) is 51.6. The molecule has 9 heteroatoms. The molecule has 0 radical (unpaired) electrons. The predicted octanol–water partition coefficient (Wildman–Crippen LogP) is -3.85. The highest BCUT2D eigenvalue weighted by molar-refractivity contribution is 5.57. The second-order valence-corrected chi connectivity index (χ2v) is 5.72. The molecule has 2 fully saturated rings. The van der Waals surface area contributed by atoms with Crippen LogP contribution in [-0.4, -0.2) is 76.5 Å². The molecule has 0 unspecified atom stereocenters. The fraction of sp³-hybridized carbons (Fsp3) is 0.917. The lowest BCUT2D eigenvalue weighted by Gasteiger charge is -2.43. The highest BCUT2D eigenvalue weighted by atomic mass is 16.7. The van der Waals surface area contributed by atoms with E-state index in [0.717, 1.165) is 0 Å². The molecule has 1 heterocycles. The molecule has 0 aromatic heterocycles. The van der Waals surface area contributed by atoms with Crippen LogP contribution in [0, 0.1) is 0 Å². The average molecular weight is 305 g/mol. The number of nitrogens with two attached hydrogens (primary N) is 3. The Kier molecular flexibility index (Phi) is 5.28. The maximum Gasteiger partial charge on any atom is 0.174 e. The minimum Gasteiger partial charge on any atom is -0.390 e. The molecule has 9 N–H and O–H groups in total. The molecule has 1 aliphatic heterocycles. The zero-order valence-electron chi connectivity index (χ0n) is 11.5. The zero-order chi connectivity index (χ0) is 15.7. The third-order valence-corrected chi connectivity index (χ3v) is 4.05. The summed E-state index contributed by atoms with van der Waals surface area (Å²) in [6.45, 7) is 0. The number of carbonyl (C=O) groups is 1. The zero-order valence-corrected chi connectivity index (χ0v) is 11.5. The highest BCUT2D eigenvalue weighted by Crippen LogP contribution is 2.26. The molecule has 1 saturated heterocycles. The first-order chi connectivity index (χ1) is 9.85. The van der Waals surface area contributed by atoms with Crippen molar-refractivity contribution in [3.8, 4) is 0 Å². The van der Waals surface area contributed by atoms with Gasteiger partial charge in [-0.3, -0.25) is 0 Å². The van der Waals surface area contributed by atoms with Crippen LogP contribution >= 0.6 is 0 Å². The lowest BCUT2D eigenvalue weighted by Crippen LogP contribution is -2.64. The Balaban J connectivity index is 2.04. The molecule has 9 atom stereocenters. The van der Waals surface area contributed by atoms with E-state index in [1.54, 1.807) is 0 Å². The van der Waals surface area contributed by atoms with Crippen LogP contribution in [0.3, 0.4) is 0 Å². The van der Waals surface area contributed by atoms with E-state index in [0.29, 0.717) is 6.29 Å². The fourth-order valence-corrected chi connectivity index (χ4v) is 2.75. The first-order valence-electron chi connectivity index (χ1n) is 6.92. The van der Waals surface area contributed by atoms with Gasteiger partial charge in [-0.05, 0) is 12.8 Å². The van der Waals surface area contributed by atoms with E-state index < -0.39 is 54.9 Å². The molecule has 1 aliphatic carbocycles. The first-order valence-corrected chi connectivity index (χ1v) is 6.92. The van der Waals surface area contributed by atoms with E-state index in [4.69, 9.17) is 26.7 Å². The van der Waals surface area contributed by atoms with Crippen LogP contribution in [0.25, 0.3) is 0 Å². The van der Waals surface area contributed by atoms with Crippen LogP contribution in [0.4, 0.5) is 0 Å². The average Bonchev–Trinajstić information content (AvgIpc) is 2.43. The Hall–Kier alpha value is -0.650. The number of ether oxygens (including phenoxy) is 2. The summed E-state index contributed by atoms with van der Waals surface area (Å²) in [5.41, 5.74) is 17.4. The van der Waals surface area contributed by atoms with E-state index >= 15 is 0 Å². The second kappa shape index (κ2) is 6.63. The molecule has 122 valence electrons. The van der Waals surface area contributed by atoms with Gasteiger partial charge in [-0.1, -0.05) is 0 Å². The second-order valence-electron chi connectivity index (χ2n) is 5.72.